The van der Waals surface area contributed by atoms with Gasteiger partial charge in [0.15, 0.2) is 31.5 Å². The highest BCUT2D eigenvalue weighted by atomic mass is 16.8. The number of hydrogen-bond donors (Lipinski definition) is 17. The third-order valence-corrected chi connectivity index (χ3v) is 11.5. The van der Waals surface area contributed by atoms with E-state index in [0.29, 0.717) is 0 Å². The molecule has 5 saturated heterocycles. The van der Waals surface area contributed by atoms with Crippen LogP contribution in [-0.2, 0) is 57.0 Å². The first-order valence-electron chi connectivity index (χ1n) is 20.6. The minimum absolute atomic E-state index is 0.721. The summed E-state index contributed by atoms with van der Waals surface area (Å²) < 4.78 is 51.1. The van der Waals surface area contributed by atoms with Crippen LogP contribution in [-0.4, -0.2) is 276 Å². The molecule has 29 heteroatoms. The van der Waals surface area contributed by atoms with E-state index in [0.717, 1.165) is 20.8 Å². The monoisotopic (exact) mass is 951 g/mol. The van der Waals surface area contributed by atoms with Gasteiger partial charge in [-0.3, -0.25) is 14.4 Å². The van der Waals surface area contributed by atoms with E-state index in [4.69, 9.17) is 42.6 Å². The number of hydrogen-bond acceptors (Lipinski definition) is 26. The second-order valence-corrected chi connectivity index (χ2v) is 16.2. The van der Waals surface area contributed by atoms with Crippen molar-refractivity contribution in [3.63, 3.8) is 0 Å². The Morgan fingerprint density at radius 2 is 0.815 bits per heavy atom. The van der Waals surface area contributed by atoms with Gasteiger partial charge in [0.25, 0.3) is 0 Å². The van der Waals surface area contributed by atoms with Crippen molar-refractivity contribution >= 4 is 17.7 Å². The minimum Gasteiger partial charge on any atom is -0.394 e. The molecule has 0 aromatic rings. The standard InChI is InChI=1S/C36H61N3O26/c1-9(44)37-17-24(51)20(47)12(4-40)59-34(17)65-31-22(49)14(6-42)61-36(28(31)55)63-29-15(7-43)62-33(18(25(29)52)38-10(2)45)57-8-16-23(50)30(19(32(56)58-16)39-11(3)46)64-35-27(54)26(53)21(48)13(5-41)60-35/h12-36,40-43,47-56H,4-8H2,1-3H3,(H,37,44)(H,38,45)(H,39,46)/t12-,13-,14-,15-,16-,17-,18-,19-,20+,21+,22+,23+,24-,25-,26+,27-,28-,29-,30-,31+,32?,33-,34-,35+,36+/m1/s1. The Morgan fingerprint density at radius 3 is 1.35 bits per heavy atom. The van der Waals surface area contributed by atoms with Crippen molar-refractivity contribution < 1.29 is 129 Å². The second kappa shape index (κ2) is 23.2. The zero-order chi connectivity index (χ0) is 48.2. The fourth-order valence-electron chi connectivity index (χ4n) is 8.13. The van der Waals surface area contributed by atoms with E-state index in [1.807, 2.05) is 0 Å². The van der Waals surface area contributed by atoms with Crippen LogP contribution in [0.15, 0.2) is 0 Å². The Bertz CT molecular complexity index is 1560. The summed E-state index contributed by atoms with van der Waals surface area (Å²) in [4.78, 5) is 36.5. The first-order valence-corrected chi connectivity index (χ1v) is 20.6. The highest BCUT2D eigenvalue weighted by Crippen LogP contribution is 2.34. The molecule has 25 atom stereocenters. The molecule has 0 saturated carbocycles. The van der Waals surface area contributed by atoms with Crippen molar-refractivity contribution in [2.45, 2.75) is 174 Å². The SMILES string of the molecule is CC(=O)N[C@H]1[C@H](OC[C@H]2OC(O)[C@H](NC(C)=O)[C@@H](O[C@@H]3O[C@H](CO)[C@H](O)[C@H](O)[C@H]3O)[C@H]2O)O[C@H](CO)[C@@H](O[C@@H]2O[C@H](CO)[C@H](O)[C@H](O[C@H]3O[C@H](CO)[C@H](O)[C@H](O)[C@H]3NC(C)=O)[C@H]2O)[C@@H]1O. The number of ether oxygens (including phenoxy) is 9. The summed E-state index contributed by atoms with van der Waals surface area (Å²) in [6.45, 7) is -1.17. The molecule has 5 rings (SSSR count). The third kappa shape index (κ3) is 12.0. The first kappa shape index (κ1) is 53.4. The molecule has 17 N–H and O–H groups in total. The average Bonchev–Trinajstić information content (AvgIpc) is 3.25. The van der Waals surface area contributed by atoms with Crippen LogP contribution in [0.25, 0.3) is 0 Å². The van der Waals surface area contributed by atoms with E-state index in [2.05, 4.69) is 16.0 Å². The van der Waals surface area contributed by atoms with Crippen LogP contribution < -0.4 is 16.0 Å². The van der Waals surface area contributed by atoms with E-state index in [9.17, 15) is 85.9 Å². The second-order valence-electron chi connectivity index (χ2n) is 16.2. The van der Waals surface area contributed by atoms with E-state index in [-0.39, 0.29) is 0 Å². The van der Waals surface area contributed by atoms with Crippen LogP contribution in [0.5, 0.6) is 0 Å². The molecule has 1 unspecified atom stereocenters. The number of carbonyl (C=O) groups is 3. The Labute approximate surface area is 369 Å². The number of aliphatic hydroxyl groups excluding tert-OH is 14. The van der Waals surface area contributed by atoms with Crippen LogP contribution in [0.3, 0.4) is 0 Å². The van der Waals surface area contributed by atoms with E-state index in [1.165, 1.54) is 0 Å². The highest BCUT2D eigenvalue weighted by Gasteiger charge is 2.56. The van der Waals surface area contributed by atoms with Crippen LogP contribution in [0.1, 0.15) is 20.8 Å². The minimum atomic E-state index is -2.08. The molecule has 376 valence electrons. The first-order chi connectivity index (χ1) is 30.7. The number of amides is 3. The fourth-order valence-corrected chi connectivity index (χ4v) is 8.13. The van der Waals surface area contributed by atoms with Crippen LogP contribution in [0.2, 0.25) is 0 Å². The van der Waals surface area contributed by atoms with Gasteiger partial charge < -0.3 is 130 Å². The van der Waals surface area contributed by atoms with Crippen molar-refractivity contribution in [3.05, 3.63) is 0 Å². The molecular formula is C36H61N3O26. The summed E-state index contributed by atoms with van der Waals surface area (Å²) in [6.07, 6.45) is -39.4. The molecule has 29 nitrogen and oxygen atoms in total. The zero-order valence-electron chi connectivity index (χ0n) is 35.1. The van der Waals surface area contributed by atoms with E-state index in [1.54, 1.807) is 0 Å². The Kier molecular flexibility index (Phi) is 19.1. The van der Waals surface area contributed by atoms with Gasteiger partial charge in [-0.05, 0) is 0 Å². The lowest BCUT2D eigenvalue weighted by Crippen LogP contribution is -2.69. The summed E-state index contributed by atoms with van der Waals surface area (Å²) in [5.41, 5.74) is 0. The van der Waals surface area contributed by atoms with Gasteiger partial charge >= 0.3 is 0 Å². The summed E-state index contributed by atoms with van der Waals surface area (Å²) >= 11 is 0. The number of carbonyl (C=O) groups excluding carboxylic acids is 3. The van der Waals surface area contributed by atoms with Gasteiger partial charge in [-0.1, -0.05) is 0 Å². The molecule has 3 amide bonds. The predicted octanol–water partition coefficient (Wildman–Crippen LogP) is -11.5. The lowest BCUT2D eigenvalue weighted by molar-refractivity contribution is -0.371. The molecule has 0 aromatic heterocycles. The largest absolute Gasteiger partial charge is 0.394 e. The summed E-state index contributed by atoms with van der Waals surface area (Å²) in [5, 5.41) is 156. The van der Waals surface area contributed by atoms with Gasteiger partial charge in [0.1, 0.15) is 122 Å². The van der Waals surface area contributed by atoms with Gasteiger partial charge in [-0.25, -0.2) is 0 Å². The van der Waals surface area contributed by atoms with Crippen LogP contribution in [0, 0.1) is 0 Å². The maximum atomic E-state index is 12.4. The molecule has 65 heavy (non-hydrogen) atoms. The Morgan fingerprint density at radius 1 is 0.400 bits per heavy atom. The van der Waals surface area contributed by atoms with Crippen LogP contribution in [0.4, 0.5) is 0 Å². The quantitative estimate of drug-likeness (QED) is 0.0683. The summed E-state index contributed by atoms with van der Waals surface area (Å²) in [6, 6.07) is -4.73. The Balaban J connectivity index is 1.33. The van der Waals surface area contributed by atoms with Crippen molar-refractivity contribution in [1.82, 2.24) is 16.0 Å². The molecule has 5 fully saturated rings. The molecule has 0 spiro atoms. The lowest BCUT2D eigenvalue weighted by atomic mass is 9.94. The molecule has 0 bridgehead atoms. The molecule has 0 aliphatic carbocycles. The predicted molar refractivity (Wildman–Crippen MR) is 201 cm³/mol. The normalized spacial score (nSPS) is 47.1. The summed E-state index contributed by atoms with van der Waals surface area (Å²) in [5.74, 6) is -2.23. The maximum Gasteiger partial charge on any atom is 0.217 e. The van der Waals surface area contributed by atoms with Crippen molar-refractivity contribution in [3.8, 4) is 0 Å². The average molecular weight is 952 g/mol. The smallest absolute Gasteiger partial charge is 0.217 e. The van der Waals surface area contributed by atoms with Gasteiger partial charge in [0, 0.05) is 20.8 Å². The van der Waals surface area contributed by atoms with E-state index < -0.39 is 204 Å². The van der Waals surface area contributed by atoms with Crippen molar-refractivity contribution in [2.75, 3.05) is 33.0 Å². The number of nitrogens with one attached hydrogen (secondary N) is 3. The molecule has 5 aliphatic rings. The topological polar surface area (TPSA) is 454 Å². The van der Waals surface area contributed by atoms with Gasteiger partial charge in [0.05, 0.1) is 33.0 Å². The van der Waals surface area contributed by atoms with E-state index >= 15 is 0 Å². The number of aliphatic hydroxyl groups is 14. The van der Waals surface area contributed by atoms with Gasteiger partial charge in [-0.2, -0.15) is 0 Å². The van der Waals surface area contributed by atoms with Gasteiger partial charge in [-0.15, -0.1) is 0 Å². The van der Waals surface area contributed by atoms with Gasteiger partial charge in [0.2, 0.25) is 17.7 Å². The number of rotatable bonds is 16. The van der Waals surface area contributed by atoms with Crippen LogP contribution >= 0.6 is 0 Å². The lowest BCUT2D eigenvalue weighted by Gasteiger charge is -2.49. The Hall–Kier alpha value is -2.51. The highest BCUT2D eigenvalue weighted by molar-refractivity contribution is 5.74. The third-order valence-electron chi connectivity index (χ3n) is 11.5. The zero-order valence-corrected chi connectivity index (χ0v) is 35.1. The molecular weight excluding hydrogens is 890 g/mol. The summed E-state index contributed by atoms with van der Waals surface area (Å²) in [7, 11) is 0. The maximum absolute atomic E-state index is 12.4. The fraction of sp³-hybridized carbons (Fsp3) is 0.917. The molecule has 5 aliphatic heterocycles. The van der Waals surface area contributed by atoms with Crippen molar-refractivity contribution in [1.29, 1.82) is 0 Å². The van der Waals surface area contributed by atoms with Crippen molar-refractivity contribution in [2.24, 2.45) is 0 Å². The molecule has 0 radical (unpaired) electrons. The molecule has 5 heterocycles. The molecule has 0 aromatic carbocycles.